The highest BCUT2D eigenvalue weighted by molar-refractivity contribution is 5.74. The van der Waals surface area contributed by atoms with Crippen LogP contribution in [0.1, 0.15) is 72.0 Å². The molecule has 1 aromatic heterocycles. The number of rotatable bonds is 4. The number of cyclic esters (lactones) is 1. The Bertz CT molecular complexity index is 1150. The van der Waals surface area contributed by atoms with Crippen molar-refractivity contribution in [3.63, 3.8) is 0 Å². The normalized spacial score (nSPS) is 43.3. The van der Waals surface area contributed by atoms with Crippen molar-refractivity contribution in [1.82, 2.24) is 0 Å². The van der Waals surface area contributed by atoms with E-state index in [4.69, 9.17) is 23.4 Å². The SMILES string of the molecule is C=C1[C@@H]2CC[C@@]3(C)[C@H](c4ccoc4)OC(=O)C[C@]13O[C@H]1[C@@H](OC(C)=O)[C@@H](O)C(C)(C)C(CC(=O)OC)[C@@]21C. The first-order valence-electron chi connectivity index (χ1n) is 13.2. The predicted molar refractivity (Wildman–Crippen MR) is 133 cm³/mol. The highest BCUT2D eigenvalue weighted by atomic mass is 16.6. The number of ether oxygens (including phenoxy) is 4. The van der Waals surface area contributed by atoms with Crippen molar-refractivity contribution in [1.29, 1.82) is 0 Å². The number of fused-ring (bicyclic) bond motifs is 3. The van der Waals surface area contributed by atoms with Crippen LogP contribution in [-0.4, -0.2) is 54.0 Å². The molecule has 0 aromatic carbocycles. The summed E-state index contributed by atoms with van der Waals surface area (Å²) in [6, 6.07) is 1.78. The van der Waals surface area contributed by atoms with Crippen LogP contribution in [0.3, 0.4) is 0 Å². The zero-order chi connectivity index (χ0) is 27.8. The van der Waals surface area contributed by atoms with E-state index in [1.54, 1.807) is 18.6 Å². The van der Waals surface area contributed by atoms with Crippen molar-refractivity contribution in [3.05, 3.63) is 36.3 Å². The molecule has 1 N–H and O–H groups in total. The Morgan fingerprint density at radius 1 is 1.24 bits per heavy atom. The zero-order valence-electron chi connectivity index (χ0n) is 22.9. The van der Waals surface area contributed by atoms with E-state index in [9.17, 15) is 19.5 Å². The van der Waals surface area contributed by atoms with Gasteiger partial charge in [0.2, 0.25) is 0 Å². The van der Waals surface area contributed by atoms with Gasteiger partial charge in [-0.1, -0.05) is 34.3 Å². The number of carbonyl (C=O) groups is 3. The van der Waals surface area contributed by atoms with Crippen LogP contribution >= 0.6 is 0 Å². The summed E-state index contributed by atoms with van der Waals surface area (Å²) < 4.78 is 29.2. The Kier molecular flexibility index (Phi) is 6.15. The third kappa shape index (κ3) is 3.40. The first-order chi connectivity index (χ1) is 17.7. The molecule has 1 unspecified atom stereocenters. The van der Waals surface area contributed by atoms with Gasteiger partial charge in [0.15, 0.2) is 6.10 Å². The molecule has 9 atom stereocenters. The minimum Gasteiger partial charge on any atom is -0.472 e. The number of hydrogen-bond acceptors (Lipinski definition) is 9. The molecule has 2 bridgehead atoms. The van der Waals surface area contributed by atoms with E-state index >= 15 is 0 Å². The average Bonchev–Trinajstić information content (AvgIpc) is 3.38. The molecule has 38 heavy (non-hydrogen) atoms. The van der Waals surface area contributed by atoms with Crippen LogP contribution in [-0.2, 0) is 33.3 Å². The van der Waals surface area contributed by atoms with E-state index in [2.05, 4.69) is 6.58 Å². The molecule has 1 aromatic rings. The Balaban J connectivity index is 1.69. The summed E-state index contributed by atoms with van der Waals surface area (Å²) in [7, 11) is 1.34. The fraction of sp³-hybridized carbons (Fsp3) is 0.690. The van der Waals surface area contributed by atoms with Crippen molar-refractivity contribution >= 4 is 17.9 Å². The number of methoxy groups -OCH3 is 1. The van der Waals surface area contributed by atoms with E-state index in [1.807, 2.05) is 27.7 Å². The first kappa shape index (κ1) is 26.9. The lowest BCUT2D eigenvalue weighted by molar-refractivity contribution is -0.339. The molecular formula is C29H38O9. The standard InChI is InChI=1S/C29H38O9/c1-15-18-8-10-27(5)24(17-9-11-35-14-17)37-21(32)13-29(15,27)38-25-22(36-16(2)30)23(33)26(3,4)19(28(18,25)6)12-20(31)34-7/h9,11,14,18-19,22-25,33H,1,8,10,12-13H2,2-7H3/t18-,19?,22-,23+,24-,25-,27-,28+,29-/m0/s1. The maximum Gasteiger partial charge on any atom is 0.309 e. The molecule has 2 saturated carbocycles. The van der Waals surface area contributed by atoms with Gasteiger partial charge >= 0.3 is 17.9 Å². The van der Waals surface area contributed by atoms with Gasteiger partial charge in [0.05, 0.1) is 32.2 Å². The summed E-state index contributed by atoms with van der Waals surface area (Å²) >= 11 is 0. The van der Waals surface area contributed by atoms with Gasteiger partial charge < -0.3 is 28.5 Å². The number of aliphatic hydroxyl groups is 1. The second kappa shape index (κ2) is 8.68. The van der Waals surface area contributed by atoms with Gasteiger partial charge in [-0.3, -0.25) is 14.4 Å². The lowest BCUT2D eigenvalue weighted by Gasteiger charge is -2.71. The van der Waals surface area contributed by atoms with Crippen LogP contribution in [0, 0.1) is 28.1 Å². The van der Waals surface area contributed by atoms with Crippen LogP contribution in [0.2, 0.25) is 0 Å². The zero-order valence-corrected chi connectivity index (χ0v) is 22.9. The highest BCUT2D eigenvalue weighted by Crippen LogP contribution is 2.72. The largest absolute Gasteiger partial charge is 0.472 e. The van der Waals surface area contributed by atoms with E-state index in [0.717, 1.165) is 11.1 Å². The number of carbonyl (C=O) groups excluding carboxylic acids is 3. The van der Waals surface area contributed by atoms with E-state index in [-0.39, 0.29) is 18.8 Å². The van der Waals surface area contributed by atoms with Crippen LogP contribution in [0.15, 0.2) is 35.2 Å². The molecule has 9 heteroatoms. The van der Waals surface area contributed by atoms with Gasteiger partial charge in [-0.25, -0.2) is 0 Å². The molecule has 2 saturated heterocycles. The third-order valence-corrected chi connectivity index (χ3v) is 10.5. The van der Waals surface area contributed by atoms with Crippen LogP contribution < -0.4 is 0 Å². The summed E-state index contributed by atoms with van der Waals surface area (Å²) in [5.41, 5.74) is -1.91. The molecular weight excluding hydrogens is 492 g/mol. The molecule has 0 radical (unpaired) electrons. The molecule has 5 rings (SSSR count). The topological polar surface area (TPSA) is 122 Å². The number of aliphatic hydroxyl groups excluding tert-OH is 1. The van der Waals surface area contributed by atoms with E-state index in [1.165, 1.54) is 14.0 Å². The van der Waals surface area contributed by atoms with Crippen LogP contribution in [0.4, 0.5) is 0 Å². The Labute approximate surface area is 222 Å². The van der Waals surface area contributed by atoms with Crippen molar-refractivity contribution in [2.75, 3.05) is 7.11 Å². The minimum absolute atomic E-state index is 0.0479. The average molecular weight is 531 g/mol. The second-order valence-electron chi connectivity index (χ2n) is 12.5. The molecule has 4 aliphatic rings. The number of hydrogen-bond donors (Lipinski definition) is 1. The second-order valence-corrected chi connectivity index (χ2v) is 12.5. The molecule has 0 amide bonds. The van der Waals surface area contributed by atoms with Crippen molar-refractivity contribution < 1.29 is 42.9 Å². The Morgan fingerprint density at radius 3 is 2.55 bits per heavy atom. The van der Waals surface area contributed by atoms with E-state index in [0.29, 0.717) is 12.8 Å². The van der Waals surface area contributed by atoms with Crippen LogP contribution in [0.25, 0.3) is 0 Å². The summed E-state index contributed by atoms with van der Waals surface area (Å²) in [6.45, 7) is 13.7. The fourth-order valence-electron chi connectivity index (χ4n) is 8.48. The fourth-order valence-corrected chi connectivity index (χ4v) is 8.48. The molecule has 1 spiro atoms. The van der Waals surface area contributed by atoms with Gasteiger partial charge in [0.25, 0.3) is 0 Å². The quantitative estimate of drug-likeness (QED) is 0.351. The van der Waals surface area contributed by atoms with E-state index < -0.39 is 70.1 Å². The van der Waals surface area contributed by atoms with Gasteiger partial charge in [0, 0.05) is 29.7 Å². The summed E-state index contributed by atoms with van der Waals surface area (Å²) in [6.07, 6.45) is 0.888. The monoisotopic (exact) mass is 530 g/mol. The third-order valence-electron chi connectivity index (χ3n) is 10.5. The van der Waals surface area contributed by atoms with Gasteiger partial charge in [-0.15, -0.1) is 0 Å². The van der Waals surface area contributed by atoms with Gasteiger partial charge in [-0.05, 0) is 41.7 Å². The van der Waals surface area contributed by atoms with Crippen LogP contribution in [0.5, 0.6) is 0 Å². The first-order valence-corrected chi connectivity index (χ1v) is 13.2. The predicted octanol–water partition coefficient (Wildman–Crippen LogP) is 3.90. The summed E-state index contributed by atoms with van der Waals surface area (Å²) in [4.78, 5) is 38.1. The molecule has 3 heterocycles. The molecule has 208 valence electrons. The summed E-state index contributed by atoms with van der Waals surface area (Å²) in [5.74, 6) is -1.93. The Hall–Kier alpha value is -2.65. The lowest BCUT2D eigenvalue weighted by atomic mass is 9.41. The van der Waals surface area contributed by atoms with Gasteiger partial charge in [-0.2, -0.15) is 0 Å². The van der Waals surface area contributed by atoms with Crippen molar-refractivity contribution in [2.45, 2.75) is 90.3 Å². The maximum atomic E-state index is 13.2. The molecule has 4 fully saturated rings. The lowest BCUT2D eigenvalue weighted by Crippen LogP contribution is -2.76. The van der Waals surface area contributed by atoms with Gasteiger partial charge in [0.1, 0.15) is 17.8 Å². The molecule has 2 aliphatic carbocycles. The molecule has 9 nitrogen and oxygen atoms in total. The number of esters is 3. The summed E-state index contributed by atoms with van der Waals surface area (Å²) in [5, 5.41) is 11.7. The minimum atomic E-state index is -1.13. The maximum absolute atomic E-state index is 13.2. The number of furan rings is 1. The van der Waals surface area contributed by atoms with Crippen molar-refractivity contribution in [2.24, 2.45) is 28.1 Å². The smallest absolute Gasteiger partial charge is 0.309 e. The molecule has 2 aliphatic heterocycles. The van der Waals surface area contributed by atoms with Crippen molar-refractivity contribution in [3.8, 4) is 0 Å². The highest BCUT2D eigenvalue weighted by Gasteiger charge is 2.75. The Morgan fingerprint density at radius 2 is 1.95 bits per heavy atom.